The molecule has 186 valence electrons. The first kappa shape index (κ1) is 23.2. The van der Waals surface area contributed by atoms with E-state index in [-0.39, 0.29) is 17.2 Å². The summed E-state index contributed by atoms with van der Waals surface area (Å²) < 4.78 is 7.88. The fourth-order valence-electron chi connectivity index (χ4n) is 5.34. The van der Waals surface area contributed by atoms with Gasteiger partial charge in [0.15, 0.2) is 11.6 Å². The highest BCUT2D eigenvalue weighted by molar-refractivity contribution is 6.00. The van der Waals surface area contributed by atoms with Crippen molar-refractivity contribution in [2.24, 2.45) is 5.41 Å². The predicted molar refractivity (Wildman–Crippen MR) is 144 cm³/mol. The van der Waals surface area contributed by atoms with E-state index in [0.717, 1.165) is 45.7 Å². The summed E-state index contributed by atoms with van der Waals surface area (Å²) in [7, 11) is 0. The monoisotopic (exact) mass is 490 g/mol. The van der Waals surface area contributed by atoms with Gasteiger partial charge in [0.25, 0.3) is 0 Å². The number of hydrogen-bond donors (Lipinski definition) is 1. The number of hydrogen-bond acceptors (Lipinski definition) is 5. The summed E-state index contributed by atoms with van der Waals surface area (Å²) in [6.45, 7) is 6.85. The van der Waals surface area contributed by atoms with E-state index in [4.69, 9.17) is 14.8 Å². The predicted octanol–water partition coefficient (Wildman–Crippen LogP) is 6.49. The lowest BCUT2D eigenvalue weighted by atomic mass is 9.73. The molecule has 0 radical (unpaired) electrons. The van der Waals surface area contributed by atoms with E-state index in [2.05, 4.69) is 32.2 Å². The first-order valence-electron chi connectivity index (χ1n) is 12.7. The van der Waals surface area contributed by atoms with Gasteiger partial charge in [-0.25, -0.2) is 4.68 Å². The van der Waals surface area contributed by atoms with Gasteiger partial charge in [0, 0.05) is 23.3 Å². The number of allylic oxidation sites excluding steroid dienone is 2. The lowest BCUT2D eigenvalue weighted by Gasteiger charge is -2.38. The molecule has 0 amide bonds. The zero-order valence-corrected chi connectivity index (χ0v) is 21.4. The molecule has 2 aliphatic rings. The van der Waals surface area contributed by atoms with Gasteiger partial charge in [-0.1, -0.05) is 80.6 Å². The maximum Gasteiger partial charge on any atom is 0.226 e. The van der Waals surface area contributed by atoms with E-state index >= 15 is 0 Å². The maximum absolute atomic E-state index is 13.5. The Hall–Kier alpha value is -4.19. The Morgan fingerprint density at radius 2 is 1.70 bits per heavy atom. The van der Waals surface area contributed by atoms with E-state index in [1.807, 2.05) is 77.5 Å². The number of anilines is 1. The van der Waals surface area contributed by atoms with Crippen LogP contribution in [0.4, 0.5) is 5.95 Å². The second kappa shape index (κ2) is 9.04. The van der Waals surface area contributed by atoms with E-state index < -0.39 is 0 Å². The van der Waals surface area contributed by atoms with Gasteiger partial charge in [0.1, 0.15) is 18.4 Å². The standard InChI is InChI=1S/C31H30N4O2/c1-20-9-7-8-12-24(20)29-33-30-32-25-17-31(2,3)18-26(36)27(25)28(35(30)34-29)22-13-15-23(16-14-22)37-19-21-10-5-4-6-11-21/h4-16,28H,17-19H2,1-3H3,(H,32,33,34). The van der Waals surface area contributed by atoms with Crippen LogP contribution >= 0.6 is 0 Å². The average molecular weight is 491 g/mol. The molecule has 6 heteroatoms. The van der Waals surface area contributed by atoms with Crippen molar-refractivity contribution in [2.75, 3.05) is 5.32 Å². The Morgan fingerprint density at radius 3 is 2.46 bits per heavy atom. The van der Waals surface area contributed by atoms with E-state index in [1.54, 1.807) is 0 Å². The number of nitrogens with zero attached hydrogens (tertiary/aromatic N) is 3. The molecule has 4 aromatic rings. The van der Waals surface area contributed by atoms with Gasteiger partial charge in [0.2, 0.25) is 5.95 Å². The number of nitrogens with one attached hydrogen (secondary N) is 1. The van der Waals surface area contributed by atoms with E-state index in [0.29, 0.717) is 24.8 Å². The summed E-state index contributed by atoms with van der Waals surface area (Å²) in [6, 6.07) is 25.9. The third-order valence-corrected chi connectivity index (χ3v) is 7.16. The molecule has 0 fully saturated rings. The summed E-state index contributed by atoms with van der Waals surface area (Å²) in [4.78, 5) is 18.4. The number of ether oxygens (including phenoxy) is 1. The van der Waals surface area contributed by atoms with Gasteiger partial charge in [-0.05, 0) is 47.6 Å². The summed E-state index contributed by atoms with van der Waals surface area (Å²) in [6.07, 6.45) is 1.30. The zero-order valence-electron chi connectivity index (χ0n) is 21.4. The molecular formula is C31H30N4O2. The number of carbonyl (C=O) groups excluding carboxylic acids is 1. The van der Waals surface area contributed by atoms with E-state index in [1.165, 1.54) is 0 Å². The first-order valence-corrected chi connectivity index (χ1v) is 12.7. The maximum atomic E-state index is 13.5. The largest absolute Gasteiger partial charge is 0.489 e. The molecule has 1 unspecified atom stereocenters. The molecule has 37 heavy (non-hydrogen) atoms. The third kappa shape index (κ3) is 4.44. The number of aryl methyl sites for hydroxylation is 1. The van der Waals surface area contributed by atoms with Gasteiger partial charge < -0.3 is 10.1 Å². The van der Waals surface area contributed by atoms with Gasteiger partial charge in [-0.15, -0.1) is 5.10 Å². The summed E-state index contributed by atoms with van der Waals surface area (Å²) in [5.41, 5.74) is 5.82. The summed E-state index contributed by atoms with van der Waals surface area (Å²) in [5.74, 6) is 2.26. The topological polar surface area (TPSA) is 69.0 Å². The van der Waals surface area contributed by atoms with Crippen molar-refractivity contribution in [1.29, 1.82) is 0 Å². The highest BCUT2D eigenvalue weighted by Crippen LogP contribution is 2.46. The van der Waals surface area contributed by atoms with Crippen molar-refractivity contribution in [3.63, 3.8) is 0 Å². The van der Waals surface area contributed by atoms with Crippen LogP contribution in [0.25, 0.3) is 11.4 Å². The highest BCUT2D eigenvalue weighted by Gasteiger charge is 2.42. The number of fused-ring (bicyclic) bond motifs is 1. The number of aromatic nitrogens is 3. The van der Waals surface area contributed by atoms with Crippen molar-refractivity contribution in [1.82, 2.24) is 14.8 Å². The molecule has 3 aromatic carbocycles. The van der Waals surface area contributed by atoms with Crippen LogP contribution in [-0.2, 0) is 11.4 Å². The molecular weight excluding hydrogens is 460 g/mol. The molecule has 0 saturated heterocycles. The van der Waals surface area contributed by atoms with Crippen LogP contribution in [0.2, 0.25) is 0 Å². The Morgan fingerprint density at radius 1 is 0.973 bits per heavy atom. The molecule has 2 heterocycles. The minimum Gasteiger partial charge on any atom is -0.489 e. The van der Waals surface area contributed by atoms with Gasteiger partial charge in [0.05, 0.1) is 0 Å². The van der Waals surface area contributed by atoms with Crippen molar-refractivity contribution in [2.45, 2.75) is 46.3 Å². The minimum atomic E-state index is -0.344. The quantitative estimate of drug-likeness (QED) is 0.346. The van der Waals surface area contributed by atoms with Crippen molar-refractivity contribution in [3.8, 4) is 17.1 Å². The van der Waals surface area contributed by atoms with Crippen LogP contribution in [0.5, 0.6) is 5.75 Å². The molecule has 1 atom stereocenters. The number of benzene rings is 3. The average Bonchev–Trinajstić information content (AvgIpc) is 3.30. The van der Waals surface area contributed by atoms with Gasteiger partial charge in [-0.3, -0.25) is 4.79 Å². The lowest BCUT2D eigenvalue weighted by Crippen LogP contribution is -2.36. The second-order valence-corrected chi connectivity index (χ2v) is 10.7. The van der Waals surface area contributed by atoms with Crippen LogP contribution in [0.15, 0.2) is 90.1 Å². The highest BCUT2D eigenvalue weighted by atomic mass is 16.5. The molecule has 6 nitrogen and oxygen atoms in total. The van der Waals surface area contributed by atoms with Gasteiger partial charge in [-0.2, -0.15) is 4.98 Å². The van der Waals surface area contributed by atoms with Crippen LogP contribution in [0.3, 0.4) is 0 Å². The molecule has 0 bridgehead atoms. The Balaban J connectivity index is 1.38. The fraction of sp³-hybridized carbons (Fsp3) is 0.258. The Kier molecular flexibility index (Phi) is 5.67. The SMILES string of the molecule is Cc1ccccc1-c1nc2n(n1)C(c1ccc(OCc3ccccc3)cc1)C1=C(CC(C)(C)CC1=O)N2. The lowest BCUT2D eigenvalue weighted by molar-refractivity contribution is -0.118. The smallest absolute Gasteiger partial charge is 0.226 e. The molecule has 1 aliphatic carbocycles. The zero-order chi connectivity index (χ0) is 25.6. The minimum absolute atomic E-state index is 0.107. The van der Waals surface area contributed by atoms with Gasteiger partial charge >= 0.3 is 0 Å². The molecule has 1 aromatic heterocycles. The molecule has 1 aliphatic heterocycles. The van der Waals surface area contributed by atoms with Crippen molar-refractivity contribution in [3.05, 3.63) is 107 Å². The van der Waals surface area contributed by atoms with Crippen molar-refractivity contribution < 1.29 is 9.53 Å². The molecule has 1 N–H and O–H groups in total. The molecule has 0 saturated carbocycles. The molecule has 0 spiro atoms. The number of rotatable bonds is 5. The number of carbonyl (C=O) groups is 1. The Bertz CT molecular complexity index is 1500. The van der Waals surface area contributed by atoms with Crippen LogP contribution < -0.4 is 10.1 Å². The Labute approximate surface area is 217 Å². The van der Waals surface area contributed by atoms with Crippen LogP contribution in [0, 0.1) is 12.3 Å². The number of ketones is 1. The van der Waals surface area contributed by atoms with Crippen molar-refractivity contribution >= 4 is 11.7 Å². The number of Topliss-reactive ketones (excluding diaryl/α,β-unsaturated/α-hetero) is 1. The second-order valence-electron chi connectivity index (χ2n) is 10.7. The molecule has 6 rings (SSSR count). The van der Waals surface area contributed by atoms with Crippen LogP contribution in [-0.4, -0.2) is 20.5 Å². The fourth-order valence-corrected chi connectivity index (χ4v) is 5.34. The van der Waals surface area contributed by atoms with E-state index in [9.17, 15) is 4.79 Å². The van der Waals surface area contributed by atoms with Crippen LogP contribution in [0.1, 0.15) is 49.4 Å². The normalized spacial score (nSPS) is 18.1. The first-order chi connectivity index (χ1) is 17.9. The third-order valence-electron chi connectivity index (χ3n) is 7.16. The summed E-state index contributed by atoms with van der Waals surface area (Å²) in [5, 5.41) is 8.39. The summed E-state index contributed by atoms with van der Waals surface area (Å²) >= 11 is 0.